The summed E-state index contributed by atoms with van der Waals surface area (Å²) in [6.45, 7) is 3.69. The molecule has 0 amide bonds. The number of hydrogen-bond donors (Lipinski definition) is 0. The van der Waals surface area contributed by atoms with E-state index in [4.69, 9.17) is 25.8 Å². The molecule has 6 nitrogen and oxygen atoms in total. The SMILES string of the molecule is C=CCc1cc(OC)c(Oc2nsnc(Cl)c2=O)c(OC)c1. The van der Waals surface area contributed by atoms with Gasteiger partial charge in [-0.15, -0.1) is 11.0 Å². The van der Waals surface area contributed by atoms with Crippen LogP contribution >= 0.6 is 23.3 Å². The van der Waals surface area contributed by atoms with E-state index in [1.807, 2.05) is 0 Å². The summed E-state index contributed by atoms with van der Waals surface area (Å²) in [4.78, 5) is 11.9. The van der Waals surface area contributed by atoms with E-state index in [0.29, 0.717) is 17.9 Å². The van der Waals surface area contributed by atoms with Gasteiger partial charge in [-0.25, -0.2) is 0 Å². The average Bonchev–Trinajstić information content (AvgIpc) is 2.52. The highest BCUT2D eigenvalue weighted by Gasteiger charge is 2.18. The Morgan fingerprint density at radius 2 is 1.91 bits per heavy atom. The number of aromatic nitrogens is 2. The Balaban J connectivity index is 2.51. The summed E-state index contributed by atoms with van der Waals surface area (Å²) in [5.41, 5.74) is 0.335. The molecule has 1 heterocycles. The molecule has 0 spiro atoms. The Morgan fingerprint density at radius 3 is 2.45 bits per heavy atom. The molecular formula is C14H13ClN2O4S. The van der Waals surface area contributed by atoms with Crippen LogP contribution in [0.1, 0.15) is 5.56 Å². The smallest absolute Gasteiger partial charge is 0.283 e. The van der Waals surface area contributed by atoms with Gasteiger partial charge in [0.15, 0.2) is 16.7 Å². The molecule has 0 N–H and O–H groups in total. The van der Waals surface area contributed by atoms with Crippen LogP contribution in [0, 0.1) is 0 Å². The lowest BCUT2D eigenvalue weighted by molar-refractivity contribution is 0.341. The van der Waals surface area contributed by atoms with Crippen molar-refractivity contribution in [2.45, 2.75) is 6.42 Å². The lowest BCUT2D eigenvalue weighted by Crippen LogP contribution is -2.08. The molecule has 1 aromatic heterocycles. The normalized spacial score (nSPS) is 10.1. The second kappa shape index (κ2) is 7.24. The zero-order valence-electron chi connectivity index (χ0n) is 12.0. The van der Waals surface area contributed by atoms with E-state index in [-0.39, 0.29) is 16.8 Å². The third-order valence-corrected chi connectivity index (χ3v) is 3.59. The molecule has 0 aliphatic rings. The molecule has 0 unspecified atom stereocenters. The average molecular weight is 341 g/mol. The number of methoxy groups -OCH3 is 2. The minimum atomic E-state index is -0.598. The van der Waals surface area contributed by atoms with Crippen molar-refractivity contribution in [1.82, 2.24) is 8.75 Å². The van der Waals surface area contributed by atoms with Gasteiger partial charge in [0.05, 0.1) is 25.9 Å². The van der Waals surface area contributed by atoms with Gasteiger partial charge >= 0.3 is 0 Å². The lowest BCUT2D eigenvalue weighted by atomic mass is 10.1. The highest BCUT2D eigenvalue weighted by atomic mass is 35.5. The predicted octanol–water partition coefficient (Wildman–Crippen LogP) is 3.09. The Morgan fingerprint density at radius 1 is 1.27 bits per heavy atom. The van der Waals surface area contributed by atoms with Gasteiger partial charge in [-0.1, -0.05) is 17.7 Å². The fourth-order valence-electron chi connectivity index (χ4n) is 1.75. The highest BCUT2D eigenvalue weighted by Crippen LogP contribution is 2.40. The zero-order chi connectivity index (χ0) is 16.1. The molecule has 2 aromatic rings. The van der Waals surface area contributed by atoms with Gasteiger partial charge in [0.2, 0.25) is 5.75 Å². The van der Waals surface area contributed by atoms with Crippen LogP contribution in [0.3, 0.4) is 0 Å². The Kier molecular flexibility index (Phi) is 5.35. The maximum Gasteiger partial charge on any atom is 0.283 e. The second-order valence-corrected chi connectivity index (χ2v) is 5.00. The number of benzene rings is 1. The van der Waals surface area contributed by atoms with Crippen molar-refractivity contribution in [3.63, 3.8) is 0 Å². The van der Waals surface area contributed by atoms with Crippen molar-refractivity contribution in [3.8, 4) is 23.1 Å². The largest absolute Gasteiger partial charge is 0.493 e. The summed E-state index contributed by atoms with van der Waals surface area (Å²) in [7, 11) is 2.99. The molecule has 0 atom stereocenters. The van der Waals surface area contributed by atoms with Crippen LogP contribution in [-0.4, -0.2) is 23.0 Å². The molecule has 0 aliphatic heterocycles. The van der Waals surface area contributed by atoms with Gasteiger partial charge in [-0.3, -0.25) is 4.79 Å². The molecule has 0 radical (unpaired) electrons. The van der Waals surface area contributed by atoms with Crippen LogP contribution < -0.4 is 19.6 Å². The van der Waals surface area contributed by atoms with E-state index in [9.17, 15) is 4.79 Å². The zero-order valence-corrected chi connectivity index (χ0v) is 13.5. The number of nitrogens with zero attached hydrogens (tertiary/aromatic N) is 2. The van der Waals surface area contributed by atoms with Gasteiger partial charge < -0.3 is 14.2 Å². The van der Waals surface area contributed by atoms with E-state index >= 15 is 0 Å². The first-order chi connectivity index (χ1) is 10.6. The van der Waals surface area contributed by atoms with Crippen molar-refractivity contribution in [1.29, 1.82) is 0 Å². The summed E-state index contributed by atoms with van der Waals surface area (Å²) in [6.07, 6.45) is 2.40. The Labute approximate surface area is 136 Å². The van der Waals surface area contributed by atoms with Crippen LogP contribution in [0.2, 0.25) is 5.15 Å². The van der Waals surface area contributed by atoms with Crippen LogP contribution in [0.15, 0.2) is 29.6 Å². The van der Waals surface area contributed by atoms with E-state index < -0.39 is 5.43 Å². The molecular weight excluding hydrogens is 328 g/mol. The number of halogens is 1. The monoisotopic (exact) mass is 340 g/mol. The second-order valence-electron chi connectivity index (χ2n) is 4.11. The Bertz CT molecular complexity index is 723. The van der Waals surface area contributed by atoms with Gasteiger partial charge in [0.1, 0.15) is 0 Å². The van der Waals surface area contributed by atoms with Crippen LogP contribution in [0.25, 0.3) is 0 Å². The number of hydrogen-bond acceptors (Lipinski definition) is 7. The molecule has 8 heteroatoms. The summed E-state index contributed by atoms with van der Waals surface area (Å²) >= 11 is 6.46. The van der Waals surface area contributed by atoms with Crippen molar-refractivity contribution >= 4 is 23.3 Å². The van der Waals surface area contributed by atoms with Crippen LogP contribution in [-0.2, 0) is 6.42 Å². The van der Waals surface area contributed by atoms with Crippen molar-refractivity contribution in [2.75, 3.05) is 14.2 Å². The number of ether oxygens (including phenoxy) is 3. The third-order valence-electron chi connectivity index (χ3n) is 2.73. The summed E-state index contributed by atoms with van der Waals surface area (Å²) < 4.78 is 23.6. The molecule has 2 rings (SSSR count). The molecule has 0 bridgehead atoms. The maximum atomic E-state index is 11.9. The number of allylic oxidation sites excluding steroid dienone is 1. The summed E-state index contributed by atoms with van der Waals surface area (Å²) in [5, 5.41) is -0.198. The van der Waals surface area contributed by atoms with Crippen molar-refractivity contribution in [2.24, 2.45) is 0 Å². The maximum absolute atomic E-state index is 11.9. The van der Waals surface area contributed by atoms with Gasteiger partial charge in [0.25, 0.3) is 11.3 Å². The fraction of sp³-hybridized carbons (Fsp3) is 0.214. The van der Waals surface area contributed by atoms with E-state index in [1.165, 1.54) is 14.2 Å². The predicted molar refractivity (Wildman–Crippen MR) is 84.7 cm³/mol. The minimum absolute atomic E-state index is 0.182. The van der Waals surface area contributed by atoms with Crippen LogP contribution in [0.5, 0.6) is 23.1 Å². The molecule has 0 saturated carbocycles. The topological polar surface area (TPSA) is 70.5 Å². The molecule has 0 fully saturated rings. The van der Waals surface area contributed by atoms with Gasteiger partial charge in [-0.2, -0.15) is 4.37 Å². The molecule has 0 aliphatic carbocycles. The van der Waals surface area contributed by atoms with Gasteiger partial charge in [0, 0.05) is 0 Å². The summed E-state index contributed by atoms with van der Waals surface area (Å²) in [6, 6.07) is 3.55. The molecule has 0 saturated heterocycles. The fourth-order valence-corrected chi connectivity index (χ4v) is 2.31. The summed E-state index contributed by atoms with van der Waals surface area (Å²) in [5.74, 6) is 0.889. The van der Waals surface area contributed by atoms with E-state index in [1.54, 1.807) is 18.2 Å². The van der Waals surface area contributed by atoms with E-state index in [2.05, 4.69) is 15.3 Å². The lowest BCUT2D eigenvalue weighted by Gasteiger charge is -2.14. The van der Waals surface area contributed by atoms with E-state index in [0.717, 1.165) is 17.3 Å². The highest BCUT2D eigenvalue weighted by molar-refractivity contribution is 6.99. The van der Waals surface area contributed by atoms with Crippen LogP contribution in [0.4, 0.5) is 0 Å². The Hall–Kier alpha value is -2.12. The van der Waals surface area contributed by atoms with Crippen molar-refractivity contribution < 1.29 is 14.2 Å². The quantitative estimate of drug-likeness (QED) is 0.752. The molecule has 1 aromatic carbocycles. The van der Waals surface area contributed by atoms with Gasteiger partial charge in [-0.05, 0) is 24.1 Å². The van der Waals surface area contributed by atoms with Crippen molar-refractivity contribution in [3.05, 3.63) is 45.7 Å². The minimum Gasteiger partial charge on any atom is -0.493 e. The number of rotatable bonds is 6. The third kappa shape index (κ3) is 3.37. The standard InChI is InChI=1S/C14H13ClN2O4S/c1-4-5-8-6-9(19-2)12(10(7-8)20-3)21-14-11(18)13(15)16-22-17-14/h4,6-7H,1,5H2,2-3H3. The first-order valence-electron chi connectivity index (χ1n) is 6.16. The first kappa shape index (κ1) is 16.3. The molecule has 116 valence electrons. The first-order valence-corrected chi connectivity index (χ1v) is 7.27. The molecule has 22 heavy (non-hydrogen) atoms.